The van der Waals surface area contributed by atoms with Gasteiger partial charge in [-0.05, 0) is 251 Å². The summed E-state index contributed by atoms with van der Waals surface area (Å²) < 4.78 is 3.61. The van der Waals surface area contributed by atoms with Gasteiger partial charge in [-0.2, -0.15) is 0 Å². The topological polar surface area (TPSA) is 418 Å². The zero-order valence-electron chi connectivity index (χ0n) is 77.2. The van der Waals surface area contributed by atoms with Crippen LogP contribution in [0.4, 0.5) is 0 Å². The number of unbranched alkanes of at least 4 members (excludes halogenated alkanes) is 6. The maximum atomic E-state index is 10.4. The molecule has 2 aromatic carbocycles. The van der Waals surface area contributed by atoms with E-state index in [0.29, 0.717) is 36.8 Å². The van der Waals surface area contributed by atoms with Gasteiger partial charge in [0, 0.05) is 59.0 Å². The Morgan fingerprint density at radius 3 is 1.09 bits per heavy atom. The van der Waals surface area contributed by atoms with Crippen LogP contribution in [0.25, 0.3) is 0 Å². The minimum Gasteiger partial charge on any atom is -0.793 e. The maximum absolute atomic E-state index is 10.4. The number of carbonyl (C=O) groups excluding carboxylic acids is 4. The van der Waals surface area contributed by atoms with Gasteiger partial charge in [0.1, 0.15) is 6.29 Å². The first-order chi connectivity index (χ1) is 55.1. The monoisotopic (exact) mass is 1670 g/mol. The fourth-order valence-electron chi connectivity index (χ4n) is 10.3. The van der Waals surface area contributed by atoms with Crippen LogP contribution >= 0.6 is 0 Å². The third-order valence-corrected chi connectivity index (χ3v) is 17.1. The number of carboxylic acid groups (broad SMARTS) is 1. The fourth-order valence-corrected chi connectivity index (χ4v) is 10.3. The molecular weight excluding hydrogens is 1490 g/mol. The van der Waals surface area contributed by atoms with E-state index in [9.17, 15) is 29.0 Å². The second kappa shape index (κ2) is 99.8. The Kier molecular flexibility index (Phi) is 110. The van der Waals surface area contributed by atoms with E-state index < -0.39 is 45.0 Å². The molecular formula is C82H172B7N11NaO16. The molecule has 3 rings (SSSR count). The van der Waals surface area contributed by atoms with Crippen molar-refractivity contribution in [2.75, 3.05) is 91.7 Å². The van der Waals surface area contributed by atoms with Crippen molar-refractivity contribution >= 4 is 80.5 Å². The van der Waals surface area contributed by atoms with Crippen molar-refractivity contribution < 1.29 is 108 Å². The molecule has 0 aromatic heterocycles. The molecule has 1 aliphatic rings. The number of carbonyl (C=O) groups is 5. The third kappa shape index (κ3) is 121. The molecule has 0 amide bonds. The van der Waals surface area contributed by atoms with E-state index in [1.165, 1.54) is 134 Å². The molecule has 3 radical (unpaired) electrons. The van der Waals surface area contributed by atoms with E-state index >= 15 is 0 Å². The molecule has 1 fully saturated rings. The van der Waals surface area contributed by atoms with Crippen LogP contribution in [0.5, 0.6) is 0 Å². The summed E-state index contributed by atoms with van der Waals surface area (Å²) in [6.45, 7) is 48.2. The van der Waals surface area contributed by atoms with E-state index in [4.69, 9.17) is 46.8 Å². The number of carboxylic acids is 1. The van der Waals surface area contributed by atoms with Gasteiger partial charge in [-0.3, -0.25) is 14.5 Å². The van der Waals surface area contributed by atoms with Crippen molar-refractivity contribution in [3.05, 3.63) is 71.8 Å². The van der Waals surface area contributed by atoms with Crippen LogP contribution in [0.15, 0.2) is 60.7 Å². The number of rotatable bonds is 56. The molecule has 0 spiro atoms. The largest absolute Gasteiger partial charge is 1.00 e. The smallest absolute Gasteiger partial charge is 0.793 e. The number of aliphatic carboxylic acids is 1. The number of hydrogen-bond donors (Lipinski definition) is 17. The maximum Gasteiger partial charge on any atom is 1.00 e. The number of nitrogens with zero attached hydrogens (tertiary/aromatic N) is 2. The molecule has 35 heteroatoms. The zero-order chi connectivity index (χ0) is 89.4. The molecule has 0 bridgehead atoms. The van der Waals surface area contributed by atoms with Gasteiger partial charge in [0.25, 0.3) is 0 Å². The van der Waals surface area contributed by atoms with Gasteiger partial charge in [-0.25, -0.2) is 19.4 Å². The van der Waals surface area contributed by atoms with Gasteiger partial charge in [-0.15, -0.1) is 0 Å². The zero-order valence-corrected chi connectivity index (χ0v) is 79.2. The average Bonchev–Trinajstić information content (AvgIpc) is 1.82. The normalized spacial score (nSPS) is 12.1. The molecule has 0 saturated heterocycles. The van der Waals surface area contributed by atoms with E-state index in [2.05, 4.69) is 135 Å². The summed E-state index contributed by atoms with van der Waals surface area (Å²) in [7, 11) is 1.87. The van der Waals surface area contributed by atoms with Crippen LogP contribution in [-0.2, 0) is 51.5 Å². The van der Waals surface area contributed by atoms with Crippen molar-refractivity contribution in [3.63, 3.8) is 0 Å². The van der Waals surface area contributed by atoms with Gasteiger partial charge in [0.05, 0.1) is 5.92 Å². The number of aliphatic hydroxyl groups is 1. The summed E-state index contributed by atoms with van der Waals surface area (Å²) in [5.74, 6) is -0.805. The quantitative estimate of drug-likeness (QED) is 0.0105. The number of aldehydes is 1. The van der Waals surface area contributed by atoms with Crippen molar-refractivity contribution in [2.24, 2.45) is 41.1 Å². The standard InChI is InChI=1S/C19H44BN3O.C15H27BN2O.C8H21BN2O.C8H18BNO3.C8H20BNO2.C8H18BNO2.C7H9N.C4H6O4.C3H6.C2H3BO2.Na/c1-6-14-22(15-7-2)18-19(23(16-8-3)17-9-4)12-10-11-13-21-20(5)24;1-14(8-6-7-11-18-16(2)19)12-17-13-15-9-4-3-5-10-15;1-8(7-10)5-3-4-6-11-9(2)12;1-7(8(11)12)5-3-4-6-10-9(2)13;2*1-8(7-11)5-3-4-6-10-9(2)12;8-6-7-4-2-1-3-5-7;1-3(5)7-8-4(2)6;1-2-3-1;1-2(4)5-3;/h19,21,24H,6-18H2,1-5H3;3-5,9-10,14,17-19H,6-8,11-13H2,1-2H3;8,11-12H,3-7,10H2,1-2H3;7,10,13H,3-6H2,1-2H3,(H,11,12);8,10-12H,3-7H2,1-2H3;7-8,10,12H,3-6H2,1-2H3;1-5H,6,8H2;1-2H3;1-3H2;1H3;/q;;;;;;;;;-1;+1. The summed E-state index contributed by atoms with van der Waals surface area (Å²) in [6.07, 6.45) is 29.9. The number of nitrogens with two attached hydrogens (primary N) is 2. The number of hydrogen-bond acceptors (Lipinski definition) is 26. The Labute approximate surface area is 738 Å². The van der Waals surface area contributed by atoms with E-state index in [-0.39, 0.29) is 69.2 Å². The molecule has 0 aliphatic heterocycles. The van der Waals surface area contributed by atoms with Gasteiger partial charge in [-0.1, -0.05) is 181 Å². The molecule has 673 valence electrons. The third-order valence-electron chi connectivity index (χ3n) is 17.1. The molecule has 6 atom stereocenters. The Morgan fingerprint density at radius 1 is 0.487 bits per heavy atom. The van der Waals surface area contributed by atoms with Crippen LogP contribution in [-0.4, -0.2) is 228 Å². The van der Waals surface area contributed by atoms with Crippen LogP contribution < -0.4 is 77.7 Å². The average molecular weight is 1670 g/mol. The summed E-state index contributed by atoms with van der Waals surface area (Å²) >= 11 is 0. The second-order valence-corrected chi connectivity index (χ2v) is 30.5. The Bertz CT molecular complexity index is 2320. The predicted octanol–water partition coefficient (Wildman–Crippen LogP) is 6.94. The summed E-state index contributed by atoms with van der Waals surface area (Å²) in [5.41, 5.74) is 13.4. The molecule has 2 aromatic rings. The number of benzene rings is 2. The first kappa shape index (κ1) is 129. The van der Waals surface area contributed by atoms with Crippen LogP contribution in [0.2, 0.25) is 40.9 Å². The molecule has 27 nitrogen and oxygen atoms in total. The van der Waals surface area contributed by atoms with Crippen LogP contribution in [0.1, 0.15) is 255 Å². The molecule has 19 N–H and O–H groups in total. The van der Waals surface area contributed by atoms with E-state index in [1.807, 2.05) is 50.2 Å². The van der Waals surface area contributed by atoms with Gasteiger partial charge in [0.2, 0.25) is 5.97 Å². The van der Waals surface area contributed by atoms with Crippen molar-refractivity contribution in [1.29, 1.82) is 0 Å². The summed E-state index contributed by atoms with van der Waals surface area (Å²) in [5, 5.41) is 92.4. The molecule has 1 aliphatic carbocycles. The number of aliphatic hydroxyl groups excluding tert-OH is 1. The molecule has 1 saturated carbocycles. The second-order valence-electron chi connectivity index (χ2n) is 30.5. The van der Waals surface area contributed by atoms with Crippen molar-refractivity contribution in [1.82, 2.24) is 46.5 Å². The van der Waals surface area contributed by atoms with Crippen LogP contribution in [0, 0.1) is 29.6 Å². The SMILES string of the molecule is C1CC1.CB(O)NCCCCC(C)C(=O)O.CB(O)NCCCCC(C)C=O.CB(O)NCCCCC(C)CN.CB(O)NCCCCC(C)CNCc1ccccc1.CB(O)NCCCCC(C)CO.CC(=O)OOC(C)=O.CCCN(CCC)CC(CCCCNB(C)O)N(CCC)CCC.NCc1ccccc1.[B-]OC(C)=O.[Na+]. The Hall–Kier alpha value is -3.28. The summed E-state index contributed by atoms with van der Waals surface area (Å²) in [6, 6.07) is 21.2. The van der Waals surface area contributed by atoms with E-state index in [0.717, 1.165) is 150 Å². The van der Waals surface area contributed by atoms with Gasteiger partial charge < -0.3 is 111 Å². The molecule has 117 heavy (non-hydrogen) atoms. The fraction of sp³-hybridized carbons (Fsp3) is 0.793. The van der Waals surface area contributed by atoms with Gasteiger partial charge in [0.15, 0.2) is 0 Å². The molecule has 6 unspecified atom stereocenters. The molecule has 0 heterocycles. The Balaban J connectivity index is -0.000000194. The Morgan fingerprint density at radius 2 is 0.812 bits per heavy atom. The minimum atomic E-state index is -0.733. The first-order valence-electron chi connectivity index (χ1n) is 43.8. The minimum absolute atomic E-state index is 0. The first-order valence-corrected chi connectivity index (χ1v) is 43.8. The predicted molar refractivity (Wildman–Crippen MR) is 490 cm³/mol. The van der Waals surface area contributed by atoms with E-state index in [1.54, 1.807) is 47.9 Å². The van der Waals surface area contributed by atoms with Crippen LogP contribution in [0.3, 0.4) is 0 Å². The van der Waals surface area contributed by atoms with Crippen molar-refractivity contribution in [3.8, 4) is 0 Å². The summed E-state index contributed by atoms with van der Waals surface area (Å²) in [4.78, 5) is 62.8. The van der Waals surface area contributed by atoms with Crippen molar-refractivity contribution in [2.45, 2.75) is 304 Å². The number of nitrogens with one attached hydrogen (secondary N) is 7. The van der Waals surface area contributed by atoms with Gasteiger partial charge >= 0.3 is 89.8 Å².